The Morgan fingerprint density at radius 1 is 1.24 bits per heavy atom. The second kappa shape index (κ2) is 6.17. The zero-order chi connectivity index (χ0) is 15.6. The number of halogens is 3. The van der Waals surface area contributed by atoms with Gasteiger partial charge in [-0.1, -0.05) is 6.07 Å². The van der Waals surface area contributed by atoms with Gasteiger partial charge in [0.1, 0.15) is 11.6 Å². The van der Waals surface area contributed by atoms with Gasteiger partial charge in [0.05, 0.1) is 15.4 Å². The molecule has 0 aromatic heterocycles. The number of benzene rings is 2. The minimum absolute atomic E-state index is 0.108. The Balaban J connectivity index is 2.30. The van der Waals surface area contributed by atoms with Gasteiger partial charge in [-0.15, -0.1) is 0 Å². The predicted octanol–water partition coefficient (Wildman–Crippen LogP) is 4.81. The van der Waals surface area contributed by atoms with E-state index in [1.54, 1.807) is 13.0 Å². The summed E-state index contributed by atoms with van der Waals surface area (Å²) in [6.45, 7) is 1.58. The quantitative estimate of drug-likeness (QED) is 0.631. The maximum absolute atomic E-state index is 13.7. The van der Waals surface area contributed by atoms with Crippen LogP contribution in [0.5, 0.6) is 0 Å². The van der Waals surface area contributed by atoms with E-state index in [2.05, 4.69) is 21.2 Å². The third kappa shape index (κ3) is 3.36. The van der Waals surface area contributed by atoms with Crippen LogP contribution >= 0.6 is 15.9 Å². The van der Waals surface area contributed by atoms with Crippen molar-refractivity contribution in [3.8, 4) is 0 Å². The van der Waals surface area contributed by atoms with E-state index in [0.29, 0.717) is 10.2 Å². The summed E-state index contributed by atoms with van der Waals surface area (Å²) >= 11 is 3.08. The normalized spacial score (nSPS) is 12.0. The van der Waals surface area contributed by atoms with E-state index in [0.717, 1.165) is 0 Å². The van der Waals surface area contributed by atoms with Crippen LogP contribution in [-0.4, -0.2) is 4.92 Å². The zero-order valence-corrected chi connectivity index (χ0v) is 12.5. The second-order valence-electron chi connectivity index (χ2n) is 4.42. The molecule has 0 fully saturated rings. The number of nitro benzene ring substituents is 1. The molecule has 0 amide bonds. The van der Waals surface area contributed by atoms with Crippen LogP contribution < -0.4 is 5.32 Å². The molecule has 2 rings (SSSR count). The zero-order valence-electron chi connectivity index (χ0n) is 10.9. The summed E-state index contributed by atoms with van der Waals surface area (Å²) in [4.78, 5) is 10.3. The minimum atomic E-state index is -0.674. The van der Waals surface area contributed by atoms with Crippen molar-refractivity contribution in [2.24, 2.45) is 0 Å². The van der Waals surface area contributed by atoms with Crippen LogP contribution in [0.15, 0.2) is 40.9 Å². The van der Waals surface area contributed by atoms with E-state index < -0.39 is 22.6 Å². The van der Waals surface area contributed by atoms with Gasteiger partial charge in [-0.3, -0.25) is 10.1 Å². The van der Waals surface area contributed by atoms with Crippen LogP contribution in [0.25, 0.3) is 0 Å². The molecule has 0 bridgehead atoms. The largest absolute Gasteiger partial charge is 0.378 e. The molecule has 0 aliphatic carbocycles. The lowest BCUT2D eigenvalue weighted by Crippen LogP contribution is -2.11. The fourth-order valence-electron chi connectivity index (χ4n) is 1.99. The minimum Gasteiger partial charge on any atom is -0.378 e. The Morgan fingerprint density at radius 3 is 2.43 bits per heavy atom. The predicted molar refractivity (Wildman–Crippen MR) is 79.2 cm³/mol. The first-order valence-electron chi connectivity index (χ1n) is 6.04. The van der Waals surface area contributed by atoms with Crippen molar-refractivity contribution in [2.45, 2.75) is 13.0 Å². The van der Waals surface area contributed by atoms with Crippen LogP contribution in [0.3, 0.4) is 0 Å². The first-order chi connectivity index (χ1) is 9.90. The molecule has 2 aromatic rings. The van der Waals surface area contributed by atoms with E-state index in [1.165, 1.54) is 30.3 Å². The number of hydrogen-bond acceptors (Lipinski definition) is 3. The molecular formula is C14H11BrF2N2O2. The molecule has 21 heavy (non-hydrogen) atoms. The highest BCUT2D eigenvalue weighted by Gasteiger charge is 2.18. The lowest BCUT2D eigenvalue weighted by atomic mass is 10.1. The maximum Gasteiger partial charge on any atom is 0.285 e. The molecule has 1 atom stereocenters. The Hall–Kier alpha value is -2.02. The summed E-state index contributed by atoms with van der Waals surface area (Å²) < 4.78 is 27.7. The first-order valence-corrected chi connectivity index (χ1v) is 6.84. The maximum atomic E-state index is 13.7. The van der Waals surface area contributed by atoms with Crippen LogP contribution in [0, 0.1) is 21.7 Å². The molecular weight excluding hydrogens is 346 g/mol. The smallest absolute Gasteiger partial charge is 0.285 e. The number of nitrogens with one attached hydrogen (secondary N) is 1. The Bertz CT molecular complexity index is 674. The lowest BCUT2D eigenvalue weighted by Gasteiger charge is -2.17. The van der Waals surface area contributed by atoms with Crippen LogP contribution in [0.1, 0.15) is 18.5 Å². The molecule has 110 valence electrons. The van der Waals surface area contributed by atoms with Gasteiger partial charge in [0.15, 0.2) is 0 Å². The van der Waals surface area contributed by atoms with Gasteiger partial charge in [0.2, 0.25) is 0 Å². The number of hydrogen-bond donors (Lipinski definition) is 1. The number of nitro groups is 1. The van der Waals surface area contributed by atoms with Crippen molar-refractivity contribution in [3.05, 3.63) is 68.2 Å². The Labute approximate surface area is 128 Å². The fourth-order valence-corrected chi connectivity index (χ4v) is 2.38. The average Bonchev–Trinajstić information content (AvgIpc) is 2.40. The van der Waals surface area contributed by atoms with E-state index in [1.807, 2.05) is 0 Å². The highest BCUT2D eigenvalue weighted by molar-refractivity contribution is 9.10. The van der Waals surface area contributed by atoms with Crippen LogP contribution in [0.2, 0.25) is 0 Å². The molecule has 0 spiro atoms. The van der Waals surface area contributed by atoms with Crippen molar-refractivity contribution >= 4 is 27.3 Å². The molecule has 1 unspecified atom stereocenters. The second-order valence-corrected chi connectivity index (χ2v) is 5.28. The van der Waals surface area contributed by atoms with Crippen LogP contribution in [0.4, 0.5) is 20.2 Å². The molecule has 0 saturated heterocycles. The van der Waals surface area contributed by atoms with Crippen LogP contribution in [-0.2, 0) is 0 Å². The summed E-state index contributed by atoms with van der Waals surface area (Å²) in [6.07, 6.45) is 0. The molecule has 0 saturated carbocycles. The van der Waals surface area contributed by atoms with Gasteiger partial charge in [0.25, 0.3) is 5.69 Å². The van der Waals surface area contributed by atoms with Gasteiger partial charge in [-0.25, -0.2) is 8.78 Å². The standard InChI is InChI=1S/C14H11BrF2N2O2/c1-8(14-11(16)3-2-4-12(14)17)18-9-5-6-10(15)13(7-9)19(20)21/h2-8,18H,1H3. The van der Waals surface area contributed by atoms with Gasteiger partial charge in [-0.05, 0) is 47.1 Å². The van der Waals surface area contributed by atoms with Gasteiger partial charge in [-0.2, -0.15) is 0 Å². The monoisotopic (exact) mass is 356 g/mol. The SMILES string of the molecule is CC(Nc1ccc(Br)c([N+](=O)[O-])c1)c1c(F)cccc1F. The molecule has 0 heterocycles. The molecule has 4 nitrogen and oxygen atoms in total. The van der Waals surface area contributed by atoms with E-state index >= 15 is 0 Å². The third-order valence-corrected chi connectivity index (χ3v) is 3.63. The average molecular weight is 357 g/mol. The van der Waals surface area contributed by atoms with Gasteiger partial charge in [0, 0.05) is 17.3 Å². The molecule has 0 aliphatic rings. The highest BCUT2D eigenvalue weighted by atomic mass is 79.9. The summed E-state index contributed by atoms with van der Waals surface area (Å²) in [5, 5.41) is 13.7. The Morgan fingerprint density at radius 2 is 1.86 bits per heavy atom. The lowest BCUT2D eigenvalue weighted by molar-refractivity contribution is -0.385. The number of rotatable bonds is 4. The van der Waals surface area contributed by atoms with Gasteiger partial charge < -0.3 is 5.32 Å². The summed E-state index contributed by atoms with van der Waals surface area (Å²) in [5.74, 6) is -1.33. The number of nitrogens with zero attached hydrogens (tertiary/aromatic N) is 1. The molecule has 0 aliphatic heterocycles. The van der Waals surface area contributed by atoms with Crippen molar-refractivity contribution < 1.29 is 13.7 Å². The fraction of sp³-hybridized carbons (Fsp3) is 0.143. The highest BCUT2D eigenvalue weighted by Crippen LogP contribution is 2.30. The summed E-state index contributed by atoms with van der Waals surface area (Å²) in [7, 11) is 0. The molecule has 7 heteroatoms. The van der Waals surface area contributed by atoms with E-state index in [9.17, 15) is 18.9 Å². The molecule has 1 N–H and O–H groups in total. The molecule has 0 radical (unpaired) electrons. The third-order valence-electron chi connectivity index (χ3n) is 2.96. The van der Waals surface area contributed by atoms with E-state index in [-0.39, 0.29) is 11.3 Å². The first kappa shape index (κ1) is 15.4. The topological polar surface area (TPSA) is 55.2 Å². The Kier molecular flexibility index (Phi) is 4.52. The van der Waals surface area contributed by atoms with Crippen molar-refractivity contribution in [1.29, 1.82) is 0 Å². The van der Waals surface area contributed by atoms with Crippen molar-refractivity contribution in [3.63, 3.8) is 0 Å². The summed E-state index contributed by atoms with van der Waals surface area (Å²) in [6, 6.07) is 7.34. The summed E-state index contributed by atoms with van der Waals surface area (Å²) in [5.41, 5.74) is 0.171. The van der Waals surface area contributed by atoms with Crippen molar-refractivity contribution in [2.75, 3.05) is 5.32 Å². The van der Waals surface area contributed by atoms with E-state index in [4.69, 9.17) is 0 Å². The number of anilines is 1. The van der Waals surface area contributed by atoms with Gasteiger partial charge >= 0.3 is 0 Å². The van der Waals surface area contributed by atoms with Crippen molar-refractivity contribution in [1.82, 2.24) is 0 Å². The molecule has 2 aromatic carbocycles.